The van der Waals surface area contributed by atoms with Gasteiger partial charge >= 0.3 is 0 Å². The fraction of sp³-hybridized carbons (Fsp3) is 0.571. The summed E-state index contributed by atoms with van der Waals surface area (Å²) in [5, 5.41) is 1.42. The molecule has 2 rings (SSSR count). The van der Waals surface area contributed by atoms with Gasteiger partial charge < -0.3 is 0 Å². The van der Waals surface area contributed by atoms with Crippen LogP contribution in [0.4, 0.5) is 0 Å². The summed E-state index contributed by atoms with van der Waals surface area (Å²) in [4.78, 5) is 0. The van der Waals surface area contributed by atoms with Crippen molar-refractivity contribution in [3.63, 3.8) is 0 Å². The fourth-order valence-electron chi connectivity index (χ4n) is 2.60. The summed E-state index contributed by atoms with van der Waals surface area (Å²) in [6.45, 7) is 0. The lowest BCUT2D eigenvalue weighted by atomic mass is 9.85. The van der Waals surface area contributed by atoms with E-state index in [9.17, 15) is 0 Å². The third-order valence-electron chi connectivity index (χ3n) is 3.56. The van der Waals surface area contributed by atoms with Crippen molar-refractivity contribution in [3.8, 4) is 0 Å². The van der Waals surface area contributed by atoms with Crippen molar-refractivity contribution in [3.05, 3.63) is 33.8 Å². The van der Waals surface area contributed by atoms with Gasteiger partial charge in [-0.15, -0.1) is 11.6 Å². The molecule has 0 heterocycles. The van der Waals surface area contributed by atoms with Crippen LogP contribution >= 0.6 is 34.8 Å². The van der Waals surface area contributed by atoms with Gasteiger partial charge in [-0.25, -0.2) is 0 Å². The van der Waals surface area contributed by atoms with Gasteiger partial charge in [0.1, 0.15) is 0 Å². The van der Waals surface area contributed by atoms with Crippen LogP contribution in [-0.4, -0.2) is 0 Å². The molecule has 0 radical (unpaired) electrons. The summed E-state index contributed by atoms with van der Waals surface area (Å²) in [6.07, 6.45) is 7.70. The molecule has 0 amide bonds. The van der Waals surface area contributed by atoms with E-state index >= 15 is 0 Å². The van der Waals surface area contributed by atoms with Gasteiger partial charge in [-0.2, -0.15) is 0 Å². The lowest BCUT2D eigenvalue weighted by Crippen LogP contribution is -2.09. The zero-order valence-corrected chi connectivity index (χ0v) is 12.0. The van der Waals surface area contributed by atoms with Crippen molar-refractivity contribution in [1.82, 2.24) is 0 Å². The second-order valence-corrected chi connectivity index (χ2v) is 6.24. The average molecular weight is 292 g/mol. The van der Waals surface area contributed by atoms with E-state index in [1.54, 1.807) is 6.07 Å². The van der Waals surface area contributed by atoms with Crippen LogP contribution in [0, 0.1) is 5.92 Å². The minimum Gasteiger partial charge on any atom is -0.118 e. The minimum atomic E-state index is -0.00991. The quantitative estimate of drug-likeness (QED) is 0.578. The maximum Gasteiger partial charge on any atom is 0.0603 e. The Labute approximate surface area is 118 Å². The summed E-state index contributed by atoms with van der Waals surface area (Å²) in [6, 6.07) is 5.53. The zero-order chi connectivity index (χ0) is 12.3. The zero-order valence-electron chi connectivity index (χ0n) is 9.76. The number of hydrogen-bond donors (Lipinski definition) is 0. The van der Waals surface area contributed by atoms with Crippen LogP contribution < -0.4 is 0 Å². The number of alkyl halides is 1. The number of halogens is 3. The summed E-state index contributed by atoms with van der Waals surface area (Å²) in [5.41, 5.74) is 0.978. The molecule has 0 N–H and O–H groups in total. The molecule has 3 heteroatoms. The van der Waals surface area contributed by atoms with Crippen molar-refractivity contribution in [2.75, 3.05) is 0 Å². The molecule has 0 spiro atoms. The van der Waals surface area contributed by atoms with Gasteiger partial charge in [0.2, 0.25) is 0 Å². The molecule has 1 fully saturated rings. The molecule has 0 bridgehead atoms. The van der Waals surface area contributed by atoms with Crippen LogP contribution in [0.5, 0.6) is 0 Å². The second kappa shape index (κ2) is 6.31. The third kappa shape index (κ3) is 3.77. The van der Waals surface area contributed by atoms with Crippen LogP contribution in [0.1, 0.15) is 49.5 Å². The number of hydrogen-bond acceptors (Lipinski definition) is 0. The molecule has 1 unspecified atom stereocenters. The molecule has 0 nitrogen and oxygen atoms in total. The van der Waals surface area contributed by atoms with Gasteiger partial charge in [0, 0.05) is 10.0 Å². The SMILES string of the molecule is Clc1ccc(Cl)c(C(Cl)CC2CCCCC2)c1. The first kappa shape index (κ1) is 13.5. The van der Waals surface area contributed by atoms with Crippen molar-refractivity contribution >= 4 is 34.8 Å². The predicted octanol–water partition coefficient (Wildman–Crippen LogP) is 6.24. The molecule has 1 aliphatic carbocycles. The van der Waals surface area contributed by atoms with Gasteiger partial charge in [0.05, 0.1) is 5.38 Å². The smallest absolute Gasteiger partial charge is 0.0603 e. The van der Waals surface area contributed by atoms with Crippen LogP contribution in [0.25, 0.3) is 0 Å². The highest BCUT2D eigenvalue weighted by Gasteiger charge is 2.20. The highest BCUT2D eigenvalue weighted by Crippen LogP contribution is 2.38. The second-order valence-electron chi connectivity index (χ2n) is 4.87. The topological polar surface area (TPSA) is 0 Å². The summed E-state index contributed by atoms with van der Waals surface area (Å²) >= 11 is 18.6. The highest BCUT2D eigenvalue weighted by atomic mass is 35.5. The van der Waals surface area contributed by atoms with Gasteiger partial charge in [0.25, 0.3) is 0 Å². The molecule has 0 aromatic heterocycles. The molecule has 94 valence electrons. The Morgan fingerprint density at radius 2 is 1.82 bits per heavy atom. The normalized spacial score (nSPS) is 19.2. The van der Waals surface area contributed by atoms with E-state index in [1.807, 2.05) is 12.1 Å². The van der Waals surface area contributed by atoms with Gasteiger partial charge in [0.15, 0.2) is 0 Å². The van der Waals surface area contributed by atoms with E-state index in [0.29, 0.717) is 5.02 Å². The van der Waals surface area contributed by atoms with E-state index in [0.717, 1.165) is 22.9 Å². The van der Waals surface area contributed by atoms with Gasteiger partial charge in [-0.05, 0) is 36.1 Å². The van der Waals surface area contributed by atoms with Crippen LogP contribution in [0.15, 0.2) is 18.2 Å². The van der Waals surface area contributed by atoms with E-state index < -0.39 is 0 Å². The maximum atomic E-state index is 6.47. The number of rotatable bonds is 3. The van der Waals surface area contributed by atoms with E-state index in [4.69, 9.17) is 34.8 Å². The van der Waals surface area contributed by atoms with Gasteiger partial charge in [-0.1, -0.05) is 55.3 Å². The molecule has 0 saturated heterocycles. The molecule has 1 saturated carbocycles. The van der Waals surface area contributed by atoms with E-state index in [-0.39, 0.29) is 5.38 Å². The molecule has 1 aromatic carbocycles. The molecular weight excluding hydrogens is 275 g/mol. The van der Waals surface area contributed by atoms with Crippen molar-refractivity contribution < 1.29 is 0 Å². The third-order valence-corrected chi connectivity index (χ3v) is 4.55. The first-order valence-electron chi connectivity index (χ1n) is 6.26. The summed E-state index contributed by atoms with van der Waals surface area (Å²) in [5.74, 6) is 0.751. The highest BCUT2D eigenvalue weighted by molar-refractivity contribution is 6.34. The maximum absolute atomic E-state index is 6.47. The van der Waals surface area contributed by atoms with Crippen LogP contribution in [-0.2, 0) is 0 Å². The van der Waals surface area contributed by atoms with Crippen molar-refractivity contribution in [1.29, 1.82) is 0 Å². The minimum absolute atomic E-state index is 0.00991. The largest absolute Gasteiger partial charge is 0.118 e. The molecule has 1 aromatic rings. The monoisotopic (exact) mass is 290 g/mol. The molecular formula is C14H17Cl3. The first-order valence-corrected chi connectivity index (χ1v) is 7.45. The average Bonchev–Trinajstić information content (AvgIpc) is 2.33. The lowest BCUT2D eigenvalue weighted by Gasteiger charge is -2.24. The molecule has 0 aliphatic heterocycles. The molecule has 1 aliphatic rings. The Bertz CT molecular complexity index is 370. The predicted molar refractivity (Wildman–Crippen MR) is 76.2 cm³/mol. The Hall–Kier alpha value is 0.0900. The van der Waals surface area contributed by atoms with E-state index in [2.05, 4.69) is 0 Å². The lowest BCUT2D eigenvalue weighted by molar-refractivity contribution is 0.336. The Morgan fingerprint density at radius 3 is 2.53 bits per heavy atom. The fourth-order valence-corrected chi connectivity index (χ4v) is 3.52. The van der Waals surface area contributed by atoms with Crippen LogP contribution in [0.2, 0.25) is 10.0 Å². The Kier molecular flexibility index (Phi) is 5.02. The Balaban J connectivity index is 2.02. The van der Waals surface area contributed by atoms with Crippen molar-refractivity contribution in [2.24, 2.45) is 5.92 Å². The standard InChI is InChI=1S/C14H17Cl3/c15-11-6-7-13(16)12(9-11)14(17)8-10-4-2-1-3-5-10/h6-7,9-10,14H,1-5,8H2. The van der Waals surface area contributed by atoms with Gasteiger partial charge in [-0.3, -0.25) is 0 Å². The van der Waals surface area contributed by atoms with E-state index in [1.165, 1.54) is 32.1 Å². The summed E-state index contributed by atoms with van der Waals surface area (Å²) in [7, 11) is 0. The Morgan fingerprint density at radius 1 is 1.12 bits per heavy atom. The molecule has 1 atom stereocenters. The summed E-state index contributed by atoms with van der Waals surface area (Å²) < 4.78 is 0. The van der Waals surface area contributed by atoms with Crippen LogP contribution in [0.3, 0.4) is 0 Å². The number of benzene rings is 1. The first-order chi connectivity index (χ1) is 8.16. The molecule has 17 heavy (non-hydrogen) atoms. The van der Waals surface area contributed by atoms with Crippen molar-refractivity contribution in [2.45, 2.75) is 43.9 Å².